The minimum absolute atomic E-state index is 0.238. The number of nitrogens with one attached hydrogen (secondary N) is 3. The zero-order chi connectivity index (χ0) is 17.1. The van der Waals surface area contributed by atoms with Gasteiger partial charge < -0.3 is 15.4 Å². The Labute approximate surface area is 138 Å². The molecule has 0 aromatic heterocycles. The number of rotatable bonds is 8. The monoisotopic (exact) mass is 321 g/mol. The number of hydrogen-bond donors (Lipinski definition) is 3. The van der Waals surface area contributed by atoms with Crippen LogP contribution >= 0.6 is 0 Å². The van der Waals surface area contributed by atoms with E-state index in [-0.39, 0.29) is 6.03 Å². The summed E-state index contributed by atoms with van der Waals surface area (Å²) in [5.74, 6) is 0. The largest absolute Gasteiger partial charge is 0.450 e. The predicted octanol–water partition coefficient (Wildman–Crippen LogP) is 4.27. The Hall–Kier alpha value is -2.24. The lowest BCUT2D eigenvalue weighted by molar-refractivity contribution is 0.168. The zero-order valence-corrected chi connectivity index (χ0v) is 14.2. The molecule has 0 radical (unpaired) electrons. The molecular weight excluding hydrogens is 294 g/mol. The lowest BCUT2D eigenvalue weighted by Gasteiger charge is -2.13. The Kier molecular flexibility index (Phi) is 8.57. The van der Waals surface area contributed by atoms with Crippen LogP contribution in [0.2, 0.25) is 0 Å². The first-order chi connectivity index (χ1) is 11.1. The molecule has 0 saturated carbocycles. The molecule has 0 heterocycles. The summed E-state index contributed by atoms with van der Waals surface area (Å²) in [7, 11) is 0. The molecule has 0 atom stereocenters. The van der Waals surface area contributed by atoms with Gasteiger partial charge in [-0.25, -0.2) is 9.59 Å². The molecule has 3 N–H and O–H groups in total. The van der Waals surface area contributed by atoms with Gasteiger partial charge in [0.15, 0.2) is 0 Å². The van der Waals surface area contributed by atoms with Gasteiger partial charge in [-0.1, -0.05) is 32.3 Å². The van der Waals surface area contributed by atoms with E-state index in [1.54, 1.807) is 25.1 Å². The molecule has 0 spiro atoms. The Balaban J connectivity index is 2.53. The van der Waals surface area contributed by atoms with Crippen molar-refractivity contribution < 1.29 is 14.3 Å². The second-order valence-electron chi connectivity index (χ2n) is 5.27. The molecule has 0 aliphatic carbocycles. The van der Waals surface area contributed by atoms with Crippen LogP contribution in [0.3, 0.4) is 0 Å². The Morgan fingerprint density at radius 2 is 1.74 bits per heavy atom. The highest BCUT2D eigenvalue weighted by Gasteiger charge is 2.09. The summed E-state index contributed by atoms with van der Waals surface area (Å²) < 4.78 is 4.86. The normalized spacial score (nSPS) is 10.0. The van der Waals surface area contributed by atoms with Gasteiger partial charge in [0.1, 0.15) is 0 Å². The molecule has 1 aromatic carbocycles. The standard InChI is InChI=1S/C17H27N3O3/c1-4-6-7-8-12-18-16(21)19-14-10-9-11-15(13(14)3)20-17(22)23-5-2/h9-11H,4-8,12H2,1-3H3,(H,20,22)(H2,18,19,21). The minimum atomic E-state index is -0.506. The van der Waals surface area contributed by atoms with E-state index in [0.717, 1.165) is 18.4 Å². The number of ether oxygens (including phenoxy) is 1. The average molecular weight is 321 g/mol. The van der Waals surface area contributed by atoms with Crippen molar-refractivity contribution in [2.75, 3.05) is 23.8 Å². The fourth-order valence-corrected chi connectivity index (χ4v) is 2.10. The second-order valence-corrected chi connectivity index (χ2v) is 5.27. The summed E-state index contributed by atoms with van der Waals surface area (Å²) in [5.41, 5.74) is 2.05. The predicted molar refractivity (Wildman–Crippen MR) is 93.0 cm³/mol. The van der Waals surface area contributed by atoms with Gasteiger partial charge >= 0.3 is 12.1 Å². The van der Waals surface area contributed by atoms with Crippen LogP contribution in [-0.2, 0) is 4.74 Å². The Bertz CT molecular complexity index is 518. The molecule has 6 heteroatoms. The second kappa shape index (κ2) is 10.5. The Morgan fingerprint density at radius 1 is 1.04 bits per heavy atom. The van der Waals surface area contributed by atoms with Gasteiger partial charge in [-0.3, -0.25) is 5.32 Å². The van der Waals surface area contributed by atoms with Crippen molar-refractivity contribution in [2.24, 2.45) is 0 Å². The van der Waals surface area contributed by atoms with Crippen molar-refractivity contribution in [3.05, 3.63) is 23.8 Å². The molecule has 1 aromatic rings. The first-order valence-corrected chi connectivity index (χ1v) is 8.16. The molecule has 1 rings (SSSR count). The average Bonchev–Trinajstić information content (AvgIpc) is 2.51. The van der Waals surface area contributed by atoms with E-state index < -0.39 is 6.09 Å². The highest BCUT2D eigenvalue weighted by Crippen LogP contribution is 2.23. The molecular formula is C17H27N3O3. The number of urea groups is 1. The van der Waals surface area contributed by atoms with Gasteiger partial charge in [0.05, 0.1) is 6.61 Å². The molecule has 6 nitrogen and oxygen atoms in total. The van der Waals surface area contributed by atoms with Crippen LogP contribution in [0.5, 0.6) is 0 Å². The van der Waals surface area contributed by atoms with E-state index in [4.69, 9.17) is 4.74 Å². The molecule has 128 valence electrons. The van der Waals surface area contributed by atoms with Gasteiger partial charge in [-0.15, -0.1) is 0 Å². The van der Waals surface area contributed by atoms with E-state index in [2.05, 4.69) is 22.9 Å². The number of carbonyl (C=O) groups excluding carboxylic acids is 2. The first-order valence-electron chi connectivity index (χ1n) is 8.16. The lowest BCUT2D eigenvalue weighted by atomic mass is 10.1. The SMILES string of the molecule is CCCCCCNC(=O)Nc1cccc(NC(=O)OCC)c1C. The number of unbranched alkanes of at least 4 members (excludes halogenated alkanes) is 3. The van der Waals surface area contributed by atoms with Crippen molar-refractivity contribution in [3.63, 3.8) is 0 Å². The highest BCUT2D eigenvalue weighted by atomic mass is 16.5. The number of anilines is 2. The summed E-state index contributed by atoms with van der Waals surface area (Å²) in [5, 5.41) is 8.30. The van der Waals surface area contributed by atoms with Crippen LogP contribution in [0.1, 0.15) is 45.1 Å². The van der Waals surface area contributed by atoms with Gasteiger partial charge in [-0.2, -0.15) is 0 Å². The maximum absolute atomic E-state index is 11.9. The van der Waals surface area contributed by atoms with Crippen molar-refractivity contribution in [1.29, 1.82) is 0 Å². The quantitative estimate of drug-likeness (QED) is 0.626. The summed E-state index contributed by atoms with van der Waals surface area (Å²) >= 11 is 0. The van der Waals surface area contributed by atoms with Crippen LogP contribution in [0.4, 0.5) is 21.0 Å². The van der Waals surface area contributed by atoms with Crippen molar-refractivity contribution in [3.8, 4) is 0 Å². The van der Waals surface area contributed by atoms with Crippen LogP contribution in [-0.4, -0.2) is 25.3 Å². The molecule has 0 aliphatic rings. The summed E-state index contributed by atoms with van der Waals surface area (Å²) in [6.45, 7) is 6.70. The molecule has 3 amide bonds. The van der Waals surface area contributed by atoms with Crippen molar-refractivity contribution in [1.82, 2.24) is 5.32 Å². The molecule has 0 bridgehead atoms. The first kappa shape index (κ1) is 18.8. The number of hydrogen-bond acceptors (Lipinski definition) is 3. The van der Waals surface area contributed by atoms with E-state index in [1.807, 2.05) is 6.92 Å². The van der Waals surface area contributed by atoms with E-state index in [1.165, 1.54) is 12.8 Å². The summed E-state index contributed by atoms with van der Waals surface area (Å²) in [6, 6.07) is 5.09. The number of carbonyl (C=O) groups is 2. The molecule has 0 aliphatic heterocycles. The smallest absolute Gasteiger partial charge is 0.411 e. The van der Waals surface area contributed by atoms with E-state index >= 15 is 0 Å². The van der Waals surface area contributed by atoms with E-state index in [0.29, 0.717) is 24.5 Å². The maximum Gasteiger partial charge on any atom is 0.411 e. The number of benzene rings is 1. The van der Waals surface area contributed by atoms with Gasteiger partial charge in [-0.05, 0) is 38.0 Å². The Morgan fingerprint density at radius 3 is 2.39 bits per heavy atom. The molecule has 23 heavy (non-hydrogen) atoms. The third-order valence-corrected chi connectivity index (χ3v) is 3.41. The third-order valence-electron chi connectivity index (χ3n) is 3.41. The highest BCUT2D eigenvalue weighted by molar-refractivity contribution is 5.93. The topological polar surface area (TPSA) is 79.5 Å². The van der Waals surface area contributed by atoms with Crippen LogP contribution in [0, 0.1) is 6.92 Å². The van der Waals surface area contributed by atoms with Gasteiger partial charge in [0.25, 0.3) is 0 Å². The molecule has 0 fully saturated rings. The summed E-state index contributed by atoms with van der Waals surface area (Å²) in [6.07, 6.45) is 3.95. The van der Waals surface area contributed by atoms with Gasteiger partial charge in [0.2, 0.25) is 0 Å². The minimum Gasteiger partial charge on any atom is -0.450 e. The fourth-order valence-electron chi connectivity index (χ4n) is 2.10. The summed E-state index contributed by atoms with van der Waals surface area (Å²) in [4.78, 5) is 23.4. The zero-order valence-electron chi connectivity index (χ0n) is 14.2. The lowest BCUT2D eigenvalue weighted by Crippen LogP contribution is -2.29. The van der Waals surface area contributed by atoms with Gasteiger partial charge in [0, 0.05) is 17.9 Å². The number of amides is 3. The third kappa shape index (κ3) is 7.04. The van der Waals surface area contributed by atoms with Crippen LogP contribution in [0.15, 0.2) is 18.2 Å². The van der Waals surface area contributed by atoms with Crippen molar-refractivity contribution >= 4 is 23.5 Å². The fraction of sp³-hybridized carbons (Fsp3) is 0.529. The van der Waals surface area contributed by atoms with E-state index in [9.17, 15) is 9.59 Å². The van der Waals surface area contributed by atoms with Crippen LogP contribution in [0.25, 0.3) is 0 Å². The van der Waals surface area contributed by atoms with Crippen molar-refractivity contribution in [2.45, 2.75) is 46.5 Å². The maximum atomic E-state index is 11.9. The van der Waals surface area contributed by atoms with Crippen LogP contribution < -0.4 is 16.0 Å². The molecule has 0 saturated heterocycles. The molecule has 0 unspecified atom stereocenters.